The maximum Gasteiger partial charge on any atom is 0.314 e. The summed E-state index contributed by atoms with van der Waals surface area (Å²) in [6.07, 6.45) is 0.626. The zero-order chi connectivity index (χ0) is 17.5. The fourth-order valence-electron chi connectivity index (χ4n) is 2.56. The highest BCUT2D eigenvalue weighted by molar-refractivity contribution is 6.76. The number of esters is 1. The molecule has 126 valence electrons. The standard InChI is InChI=1S/C19H29NO2Si/c1-15(14-23(4,5)6)12-18(19(21)22-3)16(2)20-13-17-10-8-7-9-11-17/h7-11,18H,1,12-14H2,2-6H3. The second-order valence-electron chi connectivity index (χ2n) is 7.21. The number of hydrogen-bond acceptors (Lipinski definition) is 3. The van der Waals surface area contributed by atoms with Crippen LogP contribution in [0.2, 0.25) is 25.7 Å². The summed E-state index contributed by atoms with van der Waals surface area (Å²) in [6.45, 7) is 13.6. The summed E-state index contributed by atoms with van der Waals surface area (Å²) in [7, 11) is 0.202. The van der Waals surface area contributed by atoms with E-state index in [0.29, 0.717) is 13.0 Å². The van der Waals surface area contributed by atoms with Gasteiger partial charge in [0.1, 0.15) is 0 Å². The van der Waals surface area contributed by atoms with Crippen molar-refractivity contribution in [3.63, 3.8) is 0 Å². The molecule has 0 saturated heterocycles. The van der Waals surface area contributed by atoms with Crippen molar-refractivity contribution in [3.8, 4) is 0 Å². The number of hydrogen-bond donors (Lipinski definition) is 0. The average molecular weight is 332 g/mol. The largest absolute Gasteiger partial charge is 0.469 e. The van der Waals surface area contributed by atoms with Gasteiger partial charge in [-0.3, -0.25) is 9.79 Å². The molecule has 1 aromatic rings. The number of ether oxygens (including phenoxy) is 1. The Bertz CT molecular complexity index is 558. The van der Waals surface area contributed by atoms with Gasteiger partial charge >= 0.3 is 5.97 Å². The molecule has 1 unspecified atom stereocenters. The highest BCUT2D eigenvalue weighted by atomic mass is 28.3. The topological polar surface area (TPSA) is 38.7 Å². The van der Waals surface area contributed by atoms with E-state index in [1.165, 1.54) is 7.11 Å². The van der Waals surface area contributed by atoms with Gasteiger partial charge in [-0.2, -0.15) is 0 Å². The Morgan fingerprint density at radius 3 is 2.39 bits per heavy atom. The fourth-order valence-corrected chi connectivity index (χ4v) is 4.21. The maximum atomic E-state index is 12.1. The number of allylic oxidation sites excluding steroid dienone is 1. The zero-order valence-electron chi connectivity index (χ0n) is 15.1. The first kappa shape index (κ1) is 19.4. The van der Waals surface area contributed by atoms with Gasteiger partial charge < -0.3 is 4.74 Å². The smallest absolute Gasteiger partial charge is 0.314 e. The van der Waals surface area contributed by atoms with Crippen molar-refractivity contribution in [1.29, 1.82) is 0 Å². The summed E-state index contributed by atoms with van der Waals surface area (Å²) in [5.41, 5.74) is 3.07. The van der Waals surface area contributed by atoms with Gasteiger partial charge in [0, 0.05) is 13.8 Å². The van der Waals surface area contributed by atoms with Crippen molar-refractivity contribution in [3.05, 3.63) is 48.0 Å². The summed E-state index contributed by atoms with van der Waals surface area (Å²) < 4.78 is 4.97. The van der Waals surface area contributed by atoms with Crippen LogP contribution in [-0.2, 0) is 16.1 Å². The molecule has 0 radical (unpaired) electrons. The predicted octanol–water partition coefficient (Wildman–Crippen LogP) is 4.72. The van der Waals surface area contributed by atoms with Crippen LogP contribution in [0.15, 0.2) is 47.5 Å². The lowest BCUT2D eigenvalue weighted by Gasteiger charge is -2.21. The number of aliphatic imine (C=N–C) groups is 1. The summed E-state index contributed by atoms with van der Waals surface area (Å²) in [5, 5.41) is 0. The minimum absolute atomic E-state index is 0.226. The molecule has 3 nitrogen and oxygen atoms in total. The van der Waals surface area contributed by atoms with E-state index >= 15 is 0 Å². The Kier molecular flexibility index (Phi) is 7.43. The lowest BCUT2D eigenvalue weighted by Crippen LogP contribution is -2.26. The molecule has 1 aromatic carbocycles. The molecule has 1 atom stereocenters. The molecule has 23 heavy (non-hydrogen) atoms. The number of nitrogens with zero attached hydrogens (tertiary/aromatic N) is 1. The second-order valence-corrected chi connectivity index (χ2v) is 12.7. The van der Waals surface area contributed by atoms with Crippen molar-refractivity contribution < 1.29 is 9.53 Å². The first-order valence-electron chi connectivity index (χ1n) is 8.02. The highest BCUT2D eigenvalue weighted by Crippen LogP contribution is 2.23. The maximum absolute atomic E-state index is 12.1. The van der Waals surface area contributed by atoms with Crippen molar-refractivity contribution in [2.75, 3.05) is 7.11 Å². The van der Waals surface area contributed by atoms with E-state index < -0.39 is 8.07 Å². The van der Waals surface area contributed by atoms with E-state index in [0.717, 1.165) is 22.9 Å². The van der Waals surface area contributed by atoms with Crippen molar-refractivity contribution in [2.45, 2.75) is 45.6 Å². The average Bonchev–Trinajstić information content (AvgIpc) is 2.49. The summed E-state index contributed by atoms with van der Waals surface area (Å²) in [6, 6.07) is 11.1. The van der Waals surface area contributed by atoms with E-state index in [1.807, 2.05) is 37.3 Å². The summed E-state index contributed by atoms with van der Waals surface area (Å²) in [5.74, 6) is -0.552. The van der Waals surface area contributed by atoms with Crippen LogP contribution >= 0.6 is 0 Å². The zero-order valence-corrected chi connectivity index (χ0v) is 16.1. The van der Waals surface area contributed by atoms with Gasteiger partial charge in [-0.05, 0) is 25.0 Å². The van der Waals surface area contributed by atoms with Gasteiger partial charge in [0.15, 0.2) is 0 Å². The highest BCUT2D eigenvalue weighted by Gasteiger charge is 2.25. The molecular formula is C19H29NO2Si. The molecule has 0 aliphatic heterocycles. The van der Waals surface area contributed by atoms with Crippen molar-refractivity contribution in [1.82, 2.24) is 0 Å². The lowest BCUT2D eigenvalue weighted by molar-refractivity contribution is -0.143. The summed E-state index contributed by atoms with van der Waals surface area (Å²) in [4.78, 5) is 16.7. The quantitative estimate of drug-likeness (QED) is 0.299. The molecule has 0 spiro atoms. The van der Waals surface area contributed by atoms with Crippen LogP contribution in [-0.4, -0.2) is 26.9 Å². The van der Waals surface area contributed by atoms with Crippen molar-refractivity contribution in [2.24, 2.45) is 10.9 Å². The van der Waals surface area contributed by atoms with Crippen LogP contribution < -0.4 is 0 Å². The summed E-state index contributed by atoms with van der Waals surface area (Å²) >= 11 is 0. The molecule has 0 aliphatic carbocycles. The molecule has 0 bridgehead atoms. The monoisotopic (exact) mass is 331 g/mol. The molecule has 0 fully saturated rings. The SMILES string of the molecule is C=C(CC(C(=O)OC)C(C)=NCc1ccccc1)C[Si](C)(C)C. The van der Waals surface area contributed by atoms with Crippen LogP contribution in [0.3, 0.4) is 0 Å². The van der Waals surface area contributed by atoms with Gasteiger partial charge in [-0.25, -0.2) is 0 Å². The lowest BCUT2D eigenvalue weighted by atomic mass is 9.96. The minimum atomic E-state index is -1.23. The molecule has 0 saturated carbocycles. The van der Waals surface area contributed by atoms with Crippen molar-refractivity contribution >= 4 is 19.8 Å². The van der Waals surface area contributed by atoms with Crippen LogP contribution in [0, 0.1) is 5.92 Å². The predicted molar refractivity (Wildman–Crippen MR) is 101 cm³/mol. The first-order valence-corrected chi connectivity index (χ1v) is 11.7. The Labute approximate surface area is 141 Å². The Morgan fingerprint density at radius 1 is 1.26 bits per heavy atom. The molecule has 4 heteroatoms. The minimum Gasteiger partial charge on any atom is -0.469 e. The van der Waals surface area contributed by atoms with E-state index in [4.69, 9.17) is 4.74 Å². The van der Waals surface area contributed by atoms with E-state index in [1.54, 1.807) is 0 Å². The number of benzene rings is 1. The van der Waals surface area contributed by atoms with Gasteiger partial charge in [0.05, 0.1) is 19.6 Å². The number of carbonyl (C=O) groups is 1. The Balaban J connectivity index is 2.80. The molecule has 0 aromatic heterocycles. The van der Waals surface area contributed by atoms with Gasteiger partial charge in [-0.1, -0.05) is 55.5 Å². The van der Waals surface area contributed by atoms with E-state index in [-0.39, 0.29) is 11.9 Å². The van der Waals surface area contributed by atoms with Gasteiger partial charge in [0.2, 0.25) is 0 Å². The molecule has 1 rings (SSSR count). The molecule has 0 N–H and O–H groups in total. The van der Waals surface area contributed by atoms with Gasteiger partial charge in [0.25, 0.3) is 0 Å². The van der Waals surface area contributed by atoms with Crippen LogP contribution in [0.5, 0.6) is 0 Å². The molecule has 0 heterocycles. The second kappa shape index (κ2) is 8.82. The third-order valence-electron chi connectivity index (χ3n) is 3.62. The number of carbonyl (C=O) groups excluding carboxylic acids is 1. The molecule has 0 aliphatic rings. The van der Waals surface area contributed by atoms with Crippen LogP contribution in [0.4, 0.5) is 0 Å². The van der Waals surface area contributed by atoms with E-state index in [9.17, 15) is 4.79 Å². The Morgan fingerprint density at radius 2 is 1.87 bits per heavy atom. The van der Waals surface area contributed by atoms with Crippen LogP contribution in [0.1, 0.15) is 18.9 Å². The number of rotatable bonds is 8. The van der Waals surface area contributed by atoms with E-state index in [2.05, 4.69) is 31.2 Å². The number of methoxy groups -OCH3 is 1. The third-order valence-corrected chi connectivity index (χ3v) is 5.18. The van der Waals surface area contributed by atoms with Crippen LogP contribution in [0.25, 0.3) is 0 Å². The fraction of sp³-hybridized carbons (Fsp3) is 0.474. The Hall–Kier alpha value is -1.68. The van der Waals surface area contributed by atoms with Gasteiger partial charge in [-0.15, -0.1) is 6.58 Å². The molecule has 0 amide bonds. The normalized spacial score (nSPS) is 13.5. The third kappa shape index (κ3) is 7.42. The first-order chi connectivity index (χ1) is 10.7. The molecular weight excluding hydrogens is 302 g/mol.